The standard InChI is InChI=1S/C30H38FNO3/c1-5-20-10-13-23(14-11-20)26(22-8-6-7-9-22)27(33)32-25-18-21(12-15-24(25)31)19-30(16-17-30)28(34)35-29(2,3)4/h10-15,18,22,26H,5-9,16-17,19H2,1-4H3,(H,32,33)/t26-/m0/s1. The second kappa shape index (κ2) is 10.1. The highest BCUT2D eigenvalue weighted by Crippen LogP contribution is 2.50. The lowest BCUT2D eigenvalue weighted by molar-refractivity contribution is -0.161. The van der Waals surface area contributed by atoms with Gasteiger partial charge in [-0.2, -0.15) is 0 Å². The molecule has 4 nitrogen and oxygen atoms in total. The van der Waals surface area contributed by atoms with E-state index in [1.807, 2.05) is 32.9 Å². The summed E-state index contributed by atoms with van der Waals surface area (Å²) in [4.78, 5) is 26.3. The Morgan fingerprint density at radius 3 is 2.26 bits per heavy atom. The minimum absolute atomic E-state index is 0.162. The van der Waals surface area contributed by atoms with Gasteiger partial charge in [0.25, 0.3) is 0 Å². The van der Waals surface area contributed by atoms with Gasteiger partial charge in [0.1, 0.15) is 11.4 Å². The predicted molar refractivity (Wildman–Crippen MR) is 137 cm³/mol. The molecule has 1 atom stereocenters. The van der Waals surface area contributed by atoms with Gasteiger partial charge in [-0.15, -0.1) is 0 Å². The molecule has 188 valence electrons. The first kappa shape index (κ1) is 25.4. The summed E-state index contributed by atoms with van der Waals surface area (Å²) >= 11 is 0. The van der Waals surface area contributed by atoms with Gasteiger partial charge >= 0.3 is 5.97 Å². The molecule has 2 fully saturated rings. The van der Waals surface area contributed by atoms with Gasteiger partial charge in [-0.25, -0.2) is 4.39 Å². The topological polar surface area (TPSA) is 55.4 Å². The highest BCUT2D eigenvalue weighted by Gasteiger charge is 2.52. The lowest BCUT2D eigenvalue weighted by Crippen LogP contribution is -2.31. The van der Waals surface area contributed by atoms with Crippen molar-refractivity contribution in [3.05, 3.63) is 65.0 Å². The fraction of sp³-hybridized carbons (Fsp3) is 0.533. The number of aryl methyl sites for hydroxylation is 1. The maximum atomic E-state index is 14.8. The van der Waals surface area contributed by atoms with E-state index >= 15 is 0 Å². The molecule has 4 rings (SSSR count). The van der Waals surface area contributed by atoms with Crippen molar-refractivity contribution in [2.75, 3.05) is 5.32 Å². The lowest BCUT2D eigenvalue weighted by Gasteiger charge is -2.25. The summed E-state index contributed by atoms with van der Waals surface area (Å²) in [6.45, 7) is 7.70. The molecule has 0 unspecified atom stereocenters. The first-order chi connectivity index (χ1) is 16.6. The summed E-state index contributed by atoms with van der Waals surface area (Å²) in [5.41, 5.74) is 2.15. The molecular formula is C30H38FNO3. The van der Waals surface area contributed by atoms with Gasteiger partial charge in [0.15, 0.2) is 0 Å². The molecule has 0 aromatic heterocycles. The minimum Gasteiger partial charge on any atom is -0.460 e. The van der Waals surface area contributed by atoms with Crippen LogP contribution in [0.3, 0.4) is 0 Å². The van der Waals surface area contributed by atoms with E-state index in [0.29, 0.717) is 6.42 Å². The molecule has 0 saturated heterocycles. The largest absolute Gasteiger partial charge is 0.460 e. The van der Waals surface area contributed by atoms with E-state index < -0.39 is 16.8 Å². The van der Waals surface area contributed by atoms with E-state index in [2.05, 4.69) is 24.4 Å². The fourth-order valence-electron chi connectivity index (χ4n) is 5.26. The van der Waals surface area contributed by atoms with Gasteiger partial charge in [-0.3, -0.25) is 9.59 Å². The number of amides is 1. The van der Waals surface area contributed by atoms with Crippen LogP contribution in [0.4, 0.5) is 10.1 Å². The van der Waals surface area contributed by atoms with Crippen molar-refractivity contribution in [3.63, 3.8) is 0 Å². The Bertz CT molecular complexity index is 1060. The van der Waals surface area contributed by atoms with Crippen LogP contribution in [0.15, 0.2) is 42.5 Å². The number of benzene rings is 2. The first-order valence-corrected chi connectivity index (χ1v) is 13.0. The normalized spacial score (nSPS) is 18.2. The lowest BCUT2D eigenvalue weighted by atomic mass is 9.83. The van der Waals surface area contributed by atoms with Crippen molar-refractivity contribution < 1.29 is 18.7 Å². The highest BCUT2D eigenvalue weighted by atomic mass is 19.1. The molecule has 1 amide bonds. The van der Waals surface area contributed by atoms with Gasteiger partial charge < -0.3 is 10.1 Å². The van der Waals surface area contributed by atoms with Gasteiger partial charge in [-0.1, -0.05) is 50.1 Å². The molecule has 0 bridgehead atoms. The molecule has 2 aliphatic carbocycles. The number of rotatable bonds is 8. The number of hydrogen-bond acceptors (Lipinski definition) is 3. The maximum Gasteiger partial charge on any atom is 0.312 e. The van der Waals surface area contributed by atoms with E-state index in [1.54, 1.807) is 12.1 Å². The number of nitrogens with one attached hydrogen (secondary N) is 1. The van der Waals surface area contributed by atoms with Crippen LogP contribution in [0, 0.1) is 17.2 Å². The second-order valence-electron chi connectivity index (χ2n) is 11.4. The van der Waals surface area contributed by atoms with Crippen molar-refractivity contribution in [2.45, 2.75) is 90.6 Å². The van der Waals surface area contributed by atoms with Crippen molar-refractivity contribution >= 4 is 17.6 Å². The van der Waals surface area contributed by atoms with Crippen molar-refractivity contribution in [1.82, 2.24) is 0 Å². The minimum atomic E-state index is -0.542. The van der Waals surface area contributed by atoms with E-state index in [1.165, 1.54) is 11.6 Å². The average Bonchev–Trinajstić information content (AvgIpc) is 3.39. The van der Waals surface area contributed by atoms with Crippen molar-refractivity contribution in [1.29, 1.82) is 0 Å². The van der Waals surface area contributed by atoms with Crippen LogP contribution in [0.25, 0.3) is 0 Å². The van der Waals surface area contributed by atoms with Gasteiger partial charge in [0.05, 0.1) is 17.0 Å². The van der Waals surface area contributed by atoms with E-state index in [0.717, 1.165) is 56.1 Å². The number of ether oxygens (including phenoxy) is 1. The zero-order chi connectivity index (χ0) is 25.2. The first-order valence-electron chi connectivity index (χ1n) is 13.0. The monoisotopic (exact) mass is 479 g/mol. The summed E-state index contributed by atoms with van der Waals surface area (Å²) in [6, 6.07) is 13.0. The predicted octanol–water partition coefficient (Wildman–Crippen LogP) is 6.97. The van der Waals surface area contributed by atoms with Crippen LogP contribution in [0.2, 0.25) is 0 Å². The molecule has 2 aliphatic rings. The molecule has 0 heterocycles. The van der Waals surface area contributed by atoms with E-state index in [-0.39, 0.29) is 29.4 Å². The second-order valence-corrected chi connectivity index (χ2v) is 11.4. The summed E-state index contributed by atoms with van der Waals surface area (Å²) in [7, 11) is 0. The number of carbonyl (C=O) groups excluding carboxylic acids is 2. The zero-order valence-electron chi connectivity index (χ0n) is 21.5. The molecule has 2 aromatic rings. The van der Waals surface area contributed by atoms with Crippen LogP contribution in [-0.2, 0) is 27.2 Å². The van der Waals surface area contributed by atoms with Crippen molar-refractivity contribution in [2.24, 2.45) is 11.3 Å². The third kappa shape index (κ3) is 6.12. The summed E-state index contributed by atoms with van der Waals surface area (Å²) in [5, 5.41) is 2.90. The summed E-state index contributed by atoms with van der Waals surface area (Å²) in [6.07, 6.45) is 7.22. The summed E-state index contributed by atoms with van der Waals surface area (Å²) in [5.74, 6) is -0.864. The van der Waals surface area contributed by atoms with Crippen LogP contribution < -0.4 is 5.32 Å². The maximum absolute atomic E-state index is 14.8. The number of anilines is 1. The Hall–Kier alpha value is -2.69. The molecular weight excluding hydrogens is 441 g/mol. The summed E-state index contributed by atoms with van der Waals surface area (Å²) < 4.78 is 20.4. The fourth-order valence-corrected chi connectivity index (χ4v) is 5.26. The molecule has 2 aromatic carbocycles. The van der Waals surface area contributed by atoms with Gasteiger partial charge in [-0.05, 0) is 94.0 Å². The Morgan fingerprint density at radius 2 is 1.69 bits per heavy atom. The van der Waals surface area contributed by atoms with Crippen LogP contribution in [0.1, 0.15) is 88.8 Å². The Kier molecular flexibility index (Phi) is 7.35. The van der Waals surface area contributed by atoms with Crippen LogP contribution in [-0.4, -0.2) is 17.5 Å². The van der Waals surface area contributed by atoms with Crippen LogP contribution >= 0.6 is 0 Å². The zero-order valence-corrected chi connectivity index (χ0v) is 21.5. The Labute approximate surface area is 208 Å². The molecule has 2 saturated carbocycles. The van der Waals surface area contributed by atoms with Gasteiger partial charge in [0, 0.05) is 0 Å². The molecule has 0 aliphatic heterocycles. The van der Waals surface area contributed by atoms with E-state index in [4.69, 9.17) is 4.74 Å². The third-order valence-corrected chi connectivity index (χ3v) is 7.42. The number of carbonyl (C=O) groups is 2. The quantitative estimate of drug-likeness (QED) is 0.416. The average molecular weight is 480 g/mol. The van der Waals surface area contributed by atoms with E-state index in [9.17, 15) is 14.0 Å². The Morgan fingerprint density at radius 1 is 1.06 bits per heavy atom. The third-order valence-electron chi connectivity index (χ3n) is 7.42. The number of halogens is 1. The molecule has 5 heteroatoms. The van der Waals surface area contributed by atoms with Gasteiger partial charge in [0.2, 0.25) is 5.91 Å². The molecule has 0 radical (unpaired) electrons. The van der Waals surface area contributed by atoms with Crippen LogP contribution in [0.5, 0.6) is 0 Å². The molecule has 1 N–H and O–H groups in total. The number of esters is 1. The smallest absolute Gasteiger partial charge is 0.312 e. The Balaban J connectivity index is 1.52. The molecule has 35 heavy (non-hydrogen) atoms. The number of hydrogen-bond donors (Lipinski definition) is 1. The highest BCUT2D eigenvalue weighted by molar-refractivity contribution is 5.96. The SMILES string of the molecule is CCc1ccc([C@@H](C(=O)Nc2cc(CC3(C(=O)OC(C)(C)C)CC3)ccc2F)C2CCCC2)cc1. The van der Waals surface area contributed by atoms with Crippen molar-refractivity contribution in [3.8, 4) is 0 Å². The molecule has 0 spiro atoms.